The van der Waals surface area contributed by atoms with Crippen LogP contribution in [0.25, 0.3) is 0 Å². The fraction of sp³-hybridized carbons (Fsp3) is 0.583. The number of aryl methyl sites for hydroxylation is 1. The molecule has 4 heteroatoms. The van der Waals surface area contributed by atoms with Gasteiger partial charge in [-0.05, 0) is 62.8 Å². The number of likely N-dealkylation sites (tertiary alicyclic amines) is 1. The summed E-state index contributed by atoms with van der Waals surface area (Å²) in [5.41, 5.74) is 2.47. The number of hydrogen-bond acceptors (Lipinski definition) is 2. The van der Waals surface area contributed by atoms with Gasteiger partial charge in [0.25, 0.3) is 0 Å². The van der Waals surface area contributed by atoms with Gasteiger partial charge in [-0.1, -0.05) is 36.4 Å². The number of benzene rings is 1. The lowest BCUT2D eigenvalue weighted by atomic mass is 9.69. The standard InChI is InChI=1S/C24H32N2O2/c27-22(11-6-9-19-7-2-1-3-8-19)25-18-24-15-5-4-10-21(24)26(17-20-12-13-20)23(28)14-16-24/h1-3,7-8,10,20H,4-6,9,11-18H2,(H,25,27). The summed E-state index contributed by atoms with van der Waals surface area (Å²) < 4.78 is 0. The largest absolute Gasteiger partial charge is 0.355 e. The highest BCUT2D eigenvalue weighted by Crippen LogP contribution is 2.47. The molecule has 1 aromatic rings. The van der Waals surface area contributed by atoms with Crippen LogP contribution in [0.5, 0.6) is 0 Å². The molecule has 2 amide bonds. The highest BCUT2D eigenvalue weighted by Gasteiger charge is 2.45. The third kappa shape index (κ3) is 4.48. The Morgan fingerprint density at radius 3 is 2.79 bits per heavy atom. The molecule has 0 radical (unpaired) electrons. The molecule has 1 atom stereocenters. The fourth-order valence-corrected chi connectivity index (χ4v) is 4.77. The van der Waals surface area contributed by atoms with Crippen LogP contribution in [0.2, 0.25) is 0 Å². The second-order valence-corrected chi connectivity index (χ2v) is 8.83. The molecule has 1 saturated heterocycles. The Balaban J connectivity index is 1.33. The Bertz CT molecular complexity index is 738. The van der Waals surface area contributed by atoms with Crippen molar-refractivity contribution in [3.63, 3.8) is 0 Å². The first-order valence-electron chi connectivity index (χ1n) is 11.0. The van der Waals surface area contributed by atoms with Crippen LogP contribution in [0.3, 0.4) is 0 Å². The molecule has 0 bridgehead atoms. The third-order valence-corrected chi connectivity index (χ3v) is 6.62. The van der Waals surface area contributed by atoms with Crippen molar-refractivity contribution < 1.29 is 9.59 Å². The summed E-state index contributed by atoms with van der Waals surface area (Å²) in [6, 6.07) is 10.3. The van der Waals surface area contributed by atoms with Crippen molar-refractivity contribution in [2.24, 2.45) is 11.3 Å². The van der Waals surface area contributed by atoms with E-state index in [1.807, 2.05) is 18.2 Å². The molecule has 1 N–H and O–H groups in total. The lowest BCUT2D eigenvalue weighted by molar-refractivity contribution is -0.134. The Labute approximate surface area is 168 Å². The molecule has 1 aromatic carbocycles. The normalized spacial score (nSPS) is 24.5. The zero-order valence-corrected chi connectivity index (χ0v) is 16.8. The number of carbonyl (C=O) groups is 2. The summed E-state index contributed by atoms with van der Waals surface area (Å²) in [5.74, 6) is 1.11. The Morgan fingerprint density at radius 1 is 1.18 bits per heavy atom. The van der Waals surface area contributed by atoms with E-state index in [0.717, 1.165) is 45.1 Å². The van der Waals surface area contributed by atoms with Crippen LogP contribution in [0, 0.1) is 11.3 Å². The van der Waals surface area contributed by atoms with Crippen LogP contribution in [0.15, 0.2) is 42.1 Å². The van der Waals surface area contributed by atoms with Gasteiger partial charge in [0, 0.05) is 37.0 Å². The van der Waals surface area contributed by atoms with Crippen molar-refractivity contribution in [2.75, 3.05) is 13.1 Å². The molecule has 1 unspecified atom stereocenters. The van der Waals surface area contributed by atoms with Gasteiger partial charge in [-0.2, -0.15) is 0 Å². The van der Waals surface area contributed by atoms with Gasteiger partial charge in [0.15, 0.2) is 0 Å². The van der Waals surface area contributed by atoms with E-state index in [4.69, 9.17) is 0 Å². The molecule has 1 aliphatic heterocycles. The molecule has 0 aromatic heterocycles. The third-order valence-electron chi connectivity index (χ3n) is 6.62. The molecule has 4 nitrogen and oxygen atoms in total. The van der Waals surface area contributed by atoms with Gasteiger partial charge in [-0.25, -0.2) is 0 Å². The van der Waals surface area contributed by atoms with Gasteiger partial charge in [0.1, 0.15) is 0 Å². The summed E-state index contributed by atoms with van der Waals surface area (Å²) >= 11 is 0. The van der Waals surface area contributed by atoms with Crippen molar-refractivity contribution in [3.8, 4) is 0 Å². The minimum absolute atomic E-state index is 0.0316. The zero-order valence-electron chi connectivity index (χ0n) is 16.8. The first kappa shape index (κ1) is 19.2. The number of carbonyl (C=O) groups excluding carboxylic acids is 2. The molecule has 4 rings (SSSR count). The molecule has 2 aliphatic carbocycles. The molecule has 2 fully saturated rings. The fourth-order valence-electron chi connectivity index (χ4n) is 4.77. The van der Waals surface area contributed by atoms with Crippen LogP contribution in [-0.4, -0.2) is 29.8 Å². The van der Waals surface area contributed by atoms with Crippen LogP contribution in [0.1, 0.15) is 63.4 Å². The monoisotopic (exact) mass is 380 g/mol. The van der Waals surface area contributed by atoms with E-state index in [9.17, 15) is 9.59 Å². The van der Waals surface area contributed by atoms with Gasteiger partial charge >= 0.3 is 0 Å². The second kappa shape index (κ2) is 8.50. The molecule has 28 heavy (non-hydrogen) atoms. The summed E-state index contributed by atoms with van der Waals surface area (Å²) in [6.07, 6.45) is 11.9. The molecular formula is C24H32N2O2. The van der Waals surface area contributed by atoms with Crippen molar-refractivity contribution in [1.82, 2.24) is 10.2 Å². The van der Waals surface area contributed by atoms with E-state index in [1.165, 1.54) is 24.1 Å². The van der Waals surface area contributed by atoms with E-state index in [-0.39, 0.29) is 17.2 Å². The number of piperidine rings is 1. The molecule has 1 heterocycles. The van der Waals surface area contributed by atoms with E-state index in [0.29, 0.717) is 25.3 Å². The molecular weight excluding hydrogens is 348 g/mol. The maximum absolute atomic E-state index is 12.6. The summed E-state index contributed by atoms with van der Waals surface area (Å²) in [5, 5.41) is 3.22. The van der Waals surface area contributed by atoms with Crippen molar-refractivity contribution in [1.29, 1.82) is 0 Å². The van der Waals surface area contributed by atoms with Crippen LogP contribution in [0.4, 0.5) is 0 Å². The van der Waals surface area contributed by atoms with Gasteiger partial charge in [0.05, 0.1) is 0 Å². The van der Waals surface area contributed by atoms with E-state index in [1.54, 1.807) is 0 Å². The van der Waals surface area contributed by atoms with E-state index < -0.39 is 0 Å². The maximum Gasteiger partial charge on any atom is 0.226 e. The van der Waals surface area contributed by atoms with E-state index in [2.05, 4.69) is 28.4 Å². The van der Waals surface area contributed by atoms with Crippen molar-refractivity contribution in [3.05, 3.63) is 47.7 Å². The Kier molecular flexibility index (Phi) is 5.84. The number of allylic oxidation sites excluding steroid dienone is 1. The number of nitrogens with zero attached hydrogens (tertiary/aromatic N) is 1. The number of fused-ring (bicyclic) bond motifs is 1. The summed E-state index contributed by atoms with van der Waals surface area (Å²) in [7, 11) is 0. The van der Waals surface area contributed by atoms with Gasteiger partial charge in [-0.15, -0.1) is 0 Å². The quantitative estimate of drug-likeness (QED) is 0.734. The van der Waals surface area contributed by atoms with Gasteiger partial charge in [-0.3, -0.25) is 9.59 Å². The lowest BCUT2D eigenvalue weighted by Gasteiger charge is -2.47. The minimum atomic E-state index is -0.0316. The molecule has 3 aliphatic rings. The number of rotatable bonds is 8. The molecule has 1 saturated carbocycles. The predicted octanol–water partition coefficient (Wildman–Crippen LogP) is 4.21. The number of hydrogen-bond donors (Lipinski definition) is 1. The Hall–Kier alpha value is -2.10. The first-order chi connectivity index (χ1) is 13.7. The van der Waals surface area contributed by atoms with Crippen LogP contribution in [-0.2, 0) is 16.0 Å². The maximum atomic E-state index is 12.6. The smallest absolute Gasteiger partial charge is 0.226 e. The lowest BCUT2D eigenvalue weighted by Crippen LogP contribution is -2.51. The second-order valence-electron chi connectivity index (χ2n) is 8.83. The topological polar surface area (TPSA) is 49.4 Å². The predicted molar refractivity (Wildman–Crippen MR) is 110 cm³/mol. The molecule has 150 valence electrons. The summed E-state index contributed by atoms with van der Waals surface area (Å²) in [6.45, 7) is 1.56. The van der Waals surface area contributed by atoms with Crippen molar-refractivity contribution in [2.45, 2.75) is 64.2 Å². The SMILES string of the molecule is O=C(CCCc1ccccc1)NCC12CCCC=C1N(CC1CC1)C(=O)CC2. The average Bonchev–Trinajstić information content (AvgIpc) is 3.54. The summed E-state index contributed by atoms with van der Waals surface area (Å²) in [4.78, 5) is 27.1. The number of nitrogens with one attached hydrogen (secondary N) is 1. The highest BCUT2D eigenvalue weighted by atomic mass is 16.2. The van der Waals surface area contributed by atoms with Gasteiger partial charge < -0.3 is 10.2 Å². The Morgan fingerprint density at radius 2 is 2.00 bits per heavy atom. The van der Waals surface area contributed by atoms with Crippen molar-refractivity contribution >= 4 is 11.8 Å². The first-order valence-corrected chi connectivity index (χ1v) is 11.0. The highest BCUT2D eigenvalue weighted by molar-refractivity contribution is 5.80. The molecule has 0 spiro atoms. The van der Waals surface area contributed by atoms with Crippen LogP contribution >= 0.6 is 0 Å². The van der Waals surface area contributed by atoms with Crippen LogP contribution < -0.4 is 5.32 Å². The number of amides is 2. The van der Waals surface area contributed by atoms with Gasteiger partial charge in [0.2, 0.25) is 11.8 Å². The zero-order chi connectivity index (χ0) is 19.4. The van der Waals surface area contributed by atoms with E-state index >= 15 is 0 Å². The minimum Gasteiger partial charge on any atom is -0.355 e. The average molecular weight is 381 g/mol.